The Morgan fingerprint density at radius 2 is 2.20 bits per heavy atom. The number of nitrogen functional groups attached to an aromatic ring is 1. The number of primary amides is 1. The minimum Gasteiger partial charge on any atom is -0.497 e. The van der Waals surface area contributed by atoms with Crippen LogP contribution in [0.25, 0.3) is 11.0 Å². The van der Waals surface area contributed by atoms with E-state index in [1.165, 1.54) is 0 Å². The lowest BCUT2D eigenvalue weighted by molar-refractivity contribution is 0.0977. The van der Waals surface area contributed by atoms with Gasteiger partial charge in [-0.3, -0.25) is 4.79 Å². The van der Waals surface area contributed by atoms with Crippen LogP contribution in [0.15, 0.2) is 22.6 Å². The third kappa shape index (κ3) is 1.38. The van der Waals surface area contributed by atoms with E-state index in [4.69, 9.17) is 20.6 Å². The third-order valence-electron chi connectivity index (χ3n) is 2.16. The summed E-state index contributed by atoms with van der Waals surface area (Å²) in [5.74, 6) is -0.0491. The lowest BCUT2D eigenvalue weighted by Crippen LogP contribution is -2.11. The van der Waals surface area contributed by atoms with E-state index >= 15 is 0 Å². The summed E-state index contributed by atoms with van der Waals surface area (Å²) in [4.78, 5) is 11.0. The van der Waals surface area contributed by atoms with Crippen LogP contribution in [0.1, 0.15) is 10.6 Å². The van der Waals surface area contributed by atoms with Gasteiger partial charge in [-0.1, -0.05) is 0 Å². The van der Waals surface area contributed by atoms with Crippen LogP contribution in [0.5, 0.6) is 5.75 Å². The molecule has 4 N–H and O–H groups in total. The summed E-state index contributed by atoms with van der Waals surface area (Å²) in [5.41, 5.74) is 11.6. The number of nitrogens with two attached hydrogens (primary N) is 2. The minimum absolute atomic E-state index is 0.0155. The molecule has 15 heavy (non-hydrogen) atoms. The van der Waals surface area contributed by atoms with Crippen LogP contribution in [0.3, 0.4) is 0 Å². The number of ether oxygens (including phenoxy) is 1. The molecule has 1 amide bonds. The maximum atomic E-state index is 11.0. The lowest BCUT2D eigenvalue weighted by Gasteiger charge is -1.97. The Hall–Kier alpha value is -2.17. The van der Waals surface area contributed by atoms with Crippen LogP contribution < -0.4 is 16.2 Å². The predicted octanol–water partition coefficient (Wildman–Crippen LogP) is 1.12. The third-order valence-corrected chi connectivity index (χ3v) is 2.16. The molecule has 0 aliphatic rings. The van der Waals surface area contributed by atoms with Crippen molar-refractivity contribution in [3.63, 3.8) is 0 Å². The number of hydrogen-bond donors (Lipinski definition) is 2. The van der Waals surface area contributed by atoms with E-state index < -0.39 is 5.91 Å². The minimum atomic E-state index is -0.678. The smallest absolute Gasteiger partial charge is 0.286 e. The summed E-state index contributed by atoms with van der Waals surface area (Å²) < 4.78 is 10.2. The van der Waals surface area contributed by atoms with Crippen LogP contribution in [-0.2, 0) is 0 Å². The number of anilines is 1. The fourth-order valence-electron chi connectivity index (χ4n) is 1.41. The summed E-state index contributed by atoms with van der Waals surface area (Å²) in [6.45, 7) is 0. The molecule has 0 radical (unpaired) electrons. The van der Waals surface area contributed by atoms with E-state index in [2.05, 4.69) is 0 Å². The van der Waals surface area contributed by atoms with Crippen molar-refractivity contribution in [1.82, 2.24) is 0 Å². The van der Waals surface area contributed by atoms with E-state index in [1.54, 1.807) is 25.3 Å². The van der Waals surface area contributed by atoms with Crippen molar-refractivity contribution in [3.05, 3.63) is 24.0 Å². The van der Waals surface area contributed by atoms with E-state index in [-0.39, 0.29) is 11.4 Å². The first-order chi connectivity index (χ1) is 7.13. The number of hydrogen-bond acceptors (Lipinski definition) is 4. The average Bonchev–Trinajstić information content (AvgIpc) is 2.56. The van der Waals surface area contributed by atoms with Crippen molar-refractivity contribution in [2.24, 2.45) is 5.73 Å². The Labute approximate surface area is 85.6 Å². The van der Waals surface area contributed by atoms with Gasteiger partial charge in [0.05, 0.1) is 12.8 Å². The molecule has 1 aromatic carbocycles. The Bertz CT molecular complexity index is 531. The first-order valence-corrected chi connectivity index (χ1v) is 4.29. The number of fused-ring (bicyclic) bond motifs is 1. The van der Waals surface area contributed by atoms with Crippen molar-refractivity contribution in [2.75, 3.05) is 12.8 Å². The first-order valence-electron chi connectivity index (χ1n) is 4.29. The highest BCUT2D eigenvalue weighted by Gasteiger charge is 2.15. The molecule has 5 nitrogen and oxygen atoms in total. The van der Waals surface area contributed by atoms with Gasteiger partial charge in [0.2, 0.25) is 5.76 Å². The zero-order chi connectivity index (χ0) is 11.0. The SMILES string of the molecule is COc1ccc2oc(C(N)=O)c(N)c2c1. The average molecular weight is 206 g/mol. The highest BCUT2D eigenvalue weighted by molar-refractivity contribution is 6.05. The quantitative estimate of drug-likeness (QED) is 0.770. The van der Waals surface area contributed by atoms with Gasteiger partial charge in [0.25, 0.3) is 5.91 Å². The molecule has 0 aliphatic heterocycles. The predicted molar refractivity (Wildman–Crippen MR) is 55.7 cm³/mol. The molecule has 78 valence electrons. The lowest BCUT2D eigenvalue weighted by atomic mass is 10.2. The molecule has 0 saturated heterocycles. The van der Waals surface area contributed by atoms with E-state index in [0.29, 0.717) is 16.7 Å². The van der Waals surface area contributed by atoms with Gasteiger partial charge in [0.15, 0.2) is 0 Å². The monoisotopic (exact) mass is 206 g/mol. The second-order valence-electron chi connectivity index (χ2n) is 3.07. The number of rotatable bonds is 2. The van der Waals surface area contributed by atoms with Gasteiger partial charge in [-0.15, -0.1) is 0 Å². The van der Waals surface area contributed by atoms with E-state index in [1.807, 2.05) is 0 Å². The molecular weight excluding hydrogens is 196 g/mol. The molecule has 0 atom stereocenters. The molecule has 5 heteroatoms. The van der Waals surface area contributed by atoms with Crippen molar-refractivity contribution in [3.8, 4) is 5.75 Å². The summed E-state index contributed by atoms with van der Waals surface area (Å²) in [6.07, 6.45) is 0. The Balaban J connectivity index is 2.72. The molecule has 2 aromatic rings. The number of methoxy groups -OCH3 is 1. The summed E-state index contributed by atoms with van der Waals surface area (Å²) >= 11 is 0. The van der Waals surface area contributed by atoms with Gasteiger partial charge in [0, 0.05) is 5.39 Å². The first kappa shape index (κ1) is 9.39. The molecule has 0 bridgehead atoms. The fraction of sp³-hybridized carbons (Fsp3) is 0.100. The van der Waals surface area contributed by atoms with Gasteiger partial charge in [-0.25, -0.2) is 0 Å². The highest BCUT2D eigenvalue weighted by Crippen LogP contribution is 2.30. The van der Waals surface area contributed by atoms with Crippen LogP contribution in [0, 0.1) is 0 Å². The fourth-order valence-corrected chi connectivity index (χ4v) is 1.41. The number of carbonyl (C=O) groups is 1. The Morgan fingerprint density at radius 3 is 2.80 bits per heavy atom. The van der Waals surface area contributed by atoms with Gasteiger partial charge in [-0.2, -0.15) is 0 Å². The largest absolute Gasteiger partial charge is 0.497 e. The molecule has 0 unspecified atom stereocenters. The zero-order valence-corrected chi connectivity index (χ0v) is 8.11. The molecule has 2 rings (SSSR count). The van der Waals surface area contributed by atoms with Crippen molar-refractivity contribution in [1.29, 1.82) is 0 Å². The van der Waals surface area contributed by atoms with Gasteiger partial charge >= 0.3 is 0 Å². The Morgan fingerprint density at radius 1 is 1.47 bits per heavy atom. The second kappa shape index (κ2) is 3.20. The molecule has 1 heterocycles. The normalized spacial score (nSPS) is 10.5. The second-order valence-corrected chi connectivity index (χ2v) is 3.07. The maximum absolute atomic E-state index is 11.0. The van der Waals surface area contributed by atoms with E-state index in [0.717, 1.165) is 0 Å². The van der Waals surface area contributed by atoms with Crippen LogP contribution in [0.4, 0.5) is 5.69 Å². The zero-order valence-electron chi connectivity index (χ0n) is 8.11. The number of amides is 1. The van der Waals surface area contributed by atoms with Gasteiger partial charge in [0.1, 0.15) is 11.3 Å². The van der Waals surface area contributed by atoms with Crippen molar-refractivity contribution in [2.45, 2.75) is 0 Å². The molecule has 0 spiro atoms. The van der Waals surface area contributed by atoms with E-state index in [9.17, 15) is 4.79 Å². The molecule has 0 saturated carbocycles. The molecule has 1 aromatic heterocycles. The summed E-state index contributed by atoms with van der Waals surface area (Å²) in [7, 11) is 1.55. The van der Waals surface area contributed by atoms with Crippen LogP contribution in [0.2, 0.25) is 0 Å². The highest BCUT2D eigenvalue weighted by atomic mass is 16.5. The maximum Gasteiger partial charge on any atom is 0.286 e. The Kier molecular flexibility index (Phi) is 2.00. The number of carbonyl (C=O) groups excluding carboxylic acids is 1. The molecule has 0 aliphatic carbocycles. The standard InChI is InChI=1S/C10H10N2O3/c1-14-5-2-3-7-6(4-5)8(11)9(15-7)10(12)13/h2-4H,11H2,1H3,(H2,12,13). The van der Waals surface area contributed by atoms with Gasteiger partial charge in [-0.05, 0) is 18.2 Å². The van der Waals surface area contributed by atoms with Crippen LogP contribution in [-0.4, -0.2) is 13.0 Å². The molecule has 0 fully saturated rings. The molecular formula is C10H10N2O3. The topological polar surface area (TPSA) is 91.5 Å². The number of benzene rings is 1. The van der Waals surface area contributed by atoms with Gasteiger partial charge < -0.3 is 20.6 Å². The van der Waals surface area contributed by atoms with Crippen molar-refractivity contribution < 1.29 is 13.9 Å². The van der Waals surface area contributed by atoms with Crippen molar-refractivity contribution >= 4 is 22.6 Å². The van der Waals surface area contributed by atoms with Crippen LogP contribution >= 0.6 is 0 Å². The summed E-state index contributed by atoms with van der Waals surface area (Å²) in [6, 6.07) is 5.09. The summed E-state index contributed by atoms with van der Waals surface area (Å²) in [5, 5.41) is 0.628. The number of furan rings is 1.